The zero-order valence-electron chi connectivity index (χ0n) is 12.1. The fourth-order valence-electron chi connectivity index (χ4n) is 2.01. The minimum atomic E-state index is -0.475. The highest BCUT2D eigenvalue weighted by Gasteiger charge is 2.10. The number of benzene rings is 2. The number of carbonyl (C=O) groups excluding carboxylic acids is 1. The quantitative estimate of drug-likeness (QED) is 0.884. The van der Waals surface area contributed by atoms with Gasteiger partial charge in [0.25, 0.3) is 5.91 Å². The smallest absolute Gasteiger partial charge is 0.252 e. The number of aliphatic hydroxyl groups excluding tert-OH is 1. The predicted molar refractivity (Wildman–Crippen MR) is 87.1 cm³/mol. The molecule has 2 aromatic carbocycles. The normalized spacial score (nSPS) is 12.0. The molecule has 0 aromatic heterocycles. The van der Waals surface area contributed by atoms with Gasteiger partial charge in [-0.2, -0.15) is 0 Å². The summed E-state index contributed by atoms with van der Waals surface area (Å²) >= 11 is 3.44. The van der Waals surface area contributed by atoms with Crippen LogP contribution in [0.15, 0.2) is 46.9 Å². The molecule has 0 spiro atoms. The van der Waals surface area contributed by atoms with Gasteiger partial charge in [-0.05, 0) is 52.5 Å². The van der Waals surface area contributed by atoms with Gasteiger partial charge in [0.15, 0.2) is 0 Å². The fourth-order valence-corrected chi connectivity index (χ4v) is 2.46. The first kappa shape index (κ1) is 15.7. The Labute approximate surface area is 133 Å². The predicted octanol–water partition coefficient (Wildman–Crippen LogP) is 3.74. The van der Waals surface area contributed by atoms with Gasteiger partial charge in [-0.3, -0.25) is 4.79 Å². The zero-order chi connectivity index (χ0) is 15.4. The van der Waals surface area contributed by atoms with Gasteiger partial charge in [-0.25, -0.2) is 0 Å². The van der Waals surface area contributed by atoms with Gasteiger partial charge in [0.05, 0.1) is 11.7 Å². The van der Waals surface area contributed by atoms with E-state index in [9.17, 15) is 9.90 Å². The van der Waals surface area contributed by atoms with Crippen molar-refractivity contribution in [2.24, 2.45) is 0 Å². The van der Waals surface area contributed by atoms with Crippen molar-refractivity contribution < 1.29 is 9.90 Å². The van der Waals surface area contributed by atoms with Crippen molar-refractivity contribution in [2.45, 2.75) is 26.5 Å². The first-order valence-electron chi connectivity index (χ1n) is 6.79. The zero-order valence-corrected chi connectivity index (χ0v) is 13.6. The van der Waals surface area contributed by atoms with Gasteiger partial charge in [0, 0.05) is 11.0 Å². The second kappa shape index (κ2) is 6.87. The number of aryl methyl sites for hydroxylation is 1. The Morgan fingerprint density at radius 2 is 1.90 bits per heavy atom. The van der Waals surface area contributed by atoms with E-state index in [-0.39, 0.29) is 5.91 Å². The number of carbonyl (C=O) groups is 1. The van der Waals surface area contributed by atoms with Crippen molar-refractivity contribution in [1.82, 2.24) is 5.32 Å². The molecule has 1 atom stereocenters. The Hall–Kier alpha value is -1.65. The molecule has 2 aromatic rings. The van der Waals surface area contributed by atoms with Crippen molar-refractivity contribution in [2.75, 3.05) is 0 Å². The summed E-state index contributed by atoms with van der Waals surface area (Å²) in [4.78, 5) is 12.2. The standard InChI is InChI=1S/C17H18BrNO2/c1-11-4-3-5-15(16(11)18)17(21)19-10-13-6-8-14(9-7-13)12(2)20/h3-9,12,20H,10H2,1-2H3,(H,19,21). The van der Waals surface area contributed by atoms with E-state index in [0.717, 1.165) is 21.2 Å². The Kier molecular flexibility index (Phi) is 5.15. The molecule has 0 saturated carbocycles. The molecule has 1 amide bonds. The van der Waals surface area contributed by atoms with Gasteiger partial charge < -0.3 is 10.4 Å². The van der Waals surface area contributed by atoms with E-state index in [0.29, 0.717) is 12.1 Å². The third-order valence-electron chi connectivity index (χ3n) is 3.35. The molecule has 0 aliphatic carbocycles. The van der Waals surface area contributed by atoms with Crippen LogP contribution in [0.2, 0.25) is 0 Å². The van der Waals surface area contributed by atoms with Crippen LogP contribution < -0.4 is 5.32 Å². The molecule has 0 bridgehead atoms. The molecule has 2 N–H and O–H groups in total. The van der Waals surface area contributed by atoms with Crippen LogP contribution in [0.1, 0.15) is 40.1 Å². The summed E-state index contributed by atoms with van der Waals surface area (Å²) in [6.07, 6.45) is -0.475. The van der Waals surface area contributed by atoms with Crippen LogP contribution >= 0.6 is 15.9 Å². The molecular weight excluding hydrogens is 330 g/mol. The summed E-state index contributed by atoms with van der Waals surface area (Å²) in [6.45, 7) is 4.14. The molecule has 0 fully saturated rings. The number of aliphatic hydroxyl groups is 1. The van der Waals surface area contributed by atoms with Crippen molar-refractivity contribution >= 4 is 21.8 Å². The average Bonchev–Trinajstić information content (AvgIpc) is 2.48. The van der Waals surface area contributed by atoms with Gasteiger partial charge in [-0.1, -0.05) is 36.4 Å². The van der Waals surface area contributed by atoms with Gasteiger partial charge in [0.2, 0.25) is 0 Å². The number of amides is 1. The highest BCUT2D eigenvalue weighted by atomic mass is 79.9. The largest absolute Gasteiger partial charge is 0.389 e. The van der Waals surface area contributed by atoms with Gasteiger partial charge >= 0.3 is 0 Å². The third-order valence-corrected chi connectivity index (χ3v) is 4.40. The first-order valence-corrected chi connectivity index (χ1v) is 7.58. The Balaban J connectivity index is 2.02. The van der Waals surface area contributed by atoms with Crippen molar-refractivity contribution in [3.8, 4) is 0 Å². The molecular formula is C17H18BrNO2. The monoisotopic (exact) mass is 347 g/mol. The van der Waals surface area contributed by atoms with E-state index in [4.69, 9.17) is 0 Å². The number of hydrogen-bond donors (Lipinski definition) is 2. The van der Waals surface area contributed by atoms with Crippen LogP contribution in [0.5, 0.6) is 0 Å². The van der Waals surface area contributed by atoms with Crippen LogP contribution in [0, 0.1) is 6.92 Å². The summed E-state index contributed by atoms with van der Waals surface area (Å²) in [5, 5.41) is 12.4. The second-order valence-corrected chi connectivity index (χ2v) is 5.83. The molecule has 1 unspecified atom stereocenters. The number of nitrogens with one attached hydrogen (secondary N) is 1. The minimum absolute atomic E-state index is 0.106. The third kappa shape index (κ3) is 3.93. The maximum atomic E-state index is 12.2. The number of halogens is 1. The summed E-state index contributed by atoms with van der Waals surface area (Å²) in [7, 11) is 0. The van der Waals surface area contributed by atoms with E-state index in [1.807, 2.05) is 43.3 Å². The molecule has 2 rings (SSSR count). The molecule has 0 radical (unpaired) electrons. The van der Waals surface area contributed by atoms with E-state index >= 15 is 0 Å². The summed E-state index contributed by atoms with van der Waals surface area (Å²) in [5.41, 5.74) is 3.53. The lowest BCUT2D eigenvalue weighted by Crippen LogP contribution is -2.23. The molecule has 0 heterocycles. The van der Waals surface area contributed by atoms with Crippen molar-refractivity contribution in [1.29, 1.82) is 0 Å². The molecule has 3 nitrogen and oxygen atoms in total. The molecule has 110 valence electrons. The summed E-state index contributed by atoms with van der Waals surface area (Å²) in [6, 6.07) is 13.2. The Bertz CT molecular complexity index is 636. The SMILES string of the molecule is Cc1cccc(C(=O)NCc2ccc(C(C)O)cc2)c1Br. The second-order valence-electron chi connectivity index (χ2n) is 5.04. The molecule has 0 aliphatic rings. The van der Waals surface area contributed by atoms with Crippen LogP contribution in [0.25, 0.3) is 0 Å². The fraction of sp³-hybridized carbons (Fsp3) is 0.235. The lowest BCUT2D eigenvalue weighted by Gasteiger charge is -2.10. The molecule has 4 heteroatoms. The molecule has 0 saturated heterocycles. The average molecular weight is 348 g/mol. The van der Waals surface area contributed by atoms with Gasteiger partial charge in [-0.15, -0.1) is 0 Å². The van der Waals surface area contributed by atoms with Crippen molar-refractivity contribution in [3.63, 3.8) is 0 Å². The lowest BCUT2D eigenvalue weighted by atomic mass is 10.1. The number of rotatable bonds is 4. The first-order chi connectivity index (χ1) is 9.99. The van der Waals surface area contributed by atoms with E-state index < -0.39 is 6.10 Å². The highest BCUT2D eigenvalue weighted by molar-refractivity contribution is 9.10. The summed E-state index contributed by atoms with van der Waals surface area (Å²) < 4.78 is 0.826. The van der Waals surface area contributed by atoms with E-state index in [1.54, 1.807) is 13.0 Å². The van der Waals surface area contributed by atoms with Crippen LogP contribution in [0.3, 0.4) is 0 Å². The minimum Gasteiger partial charge on any atom is -0.389 e. The maximum Gasteiger partial charge on any atom is 0.252 e. The van der Waals surface area contributed by atoms with E-state index in [1.165, 1.54) is 0 Å². The molecule has 0 aliphatic heterocycles. The van der Waals surface area contributed by atoms with E-state index in [2.05, 4.69) is 21.2 Å². The molecule has 21 heavy (non-hydrogen) atoms. The lowest BCUT2D eigenvalue weighted by molar-refractivity contribution is 0.0950. The van der Waals surface area contributed by atoms with Crippen LogP contribution in [-0.2, 0) is 6.54 Å². The maximum absolute atomic E-state index is 12.2. The highest BCUT2D eigenvalue weighted by Crippen LogP contribution is 2.21. The topological polar surface area (TPSA) is 49.3 Å². The van der Waals surface area contributed by atoms with Crippen LogP contribution in [0.4, 0.5) is 0 Å². The number of hydrogen-bond acceptors (Lipinski definition) is 2. The Morgan fingerprint density at radius 3 is 2.52 bits per heavy atom. The Morgan fingerprint density at radius 1 is 1.24 bits per heavy atom. The van der Waals surface area contributed by atoms with Crippen molar-refractivity contribution in [3.05, 3.63) is 69.2 Å². The van der Waals surface area contributed by atoms with Crippen LogP contribution in [-0.4, -0.2) is 11.0 Å². The summed E-state index contributed by atoms with van der Waals surface area (Å²) in [5.74, 6) is -0.106. The van der Waals surface area contributed by atoms with Gasteiger partial charge in [0.1, 0.15) is 0 Å².